The Kier molecular flexibility index (Phi) is 13.7. The van der Waals surface area contributed by atoms with Crippen molar-refractivity contribution in [3.63, 3.8) is 0 Å². The number of guanidine groups is 1. The summed E-state index contributed by atoms with van der Waals surface area (Å²) in [5.74, 6) is 0.810. The van der Waals surface area contributed by atoms with Crippen LogP contribution in [0.25, 0.3) is 0 Å². The van der Waals surface area contributed by atoms with Gasteiger partial charge in [-0.15, -0.1) is 24.0 Å². The molecule has 1 heterocycles. The van der Waals surface area contributed by atoms with Crippen molar-refractivity contribution < 1.29 is 9.53 Å². The summed E-state index contributed by atoms with van der Waals surface area (Å²) >= 11 is 0. The van der Waals surface area contributed by atoms with Gasteiger partial charge in [0.15, 0.2) is 5.96 Å². The van der Waals surface area contributed by atoms with Crippen LogP contribution in [0.15, 0.2) is 35.3 Å². The van der Waals surface area contributed by atoms with Crippen LogP contribution in [0.1, 0.15) is 25.3 Å². The highest BCUT2D eigenvalue weighted by Crippen LogP contribution is 1.98. The van der Waals surface area contributed by atoms with Gasteiger partial charge in [-0.05, 0) is 18.9 Å². The van der Waals surface area contributed by atoms with E-state index in [2.05, 4.69) is 25.8 Å². The molecule has 158 valence electrons. The molecule has 0 unspecified atom stereocenters. The Balaban J connectivity index is 0.00000392. The van der Waals surface area contributed by atoms with E-state index in [0.717, 1.165) is 63.9 Å². The Morgan fingerprint density at radius 1 is 1.14 bits per heavy atom. The van der Waals surface area contributed by atoms with Gasteiger partial charge in [-0.3, -0.25) is 14.7 Å². The summed E-state index contributed by atoms with van der Waals surface area (Å²) in [5, 5.41) is 9.40. The maximum absolute atomic E-state index is 12.0. The molecule has 1 aromatic rings. The topological polar surface area (TPSA) is 78.0 Å². The average molecular weight is 503 g/mol. The van der Waals surface area contributed by atoms with Gasteiger partial charge < -0.3 is 20.7 Å². The summed E-state index contributed by atoms with van der Waals surface area (Å²) in [6.07, 6.45) is 1.44. The first-order valence-corrected chi connectivity index (χ1v) is 9.91. The minimum absolute atomic E-state index is 0. The first kappa shape index (κ1) is 24.6. The van der Waals surface area contributed by atoms with Crippen LogP contribution in [-0.4, -0.2) is 69.2 Å². The van der Waals surface area contributed by atoms with Gasteiger partial charge in [-0.2, -0.15) is 0 Å². The van der Waals surface area contributed by atoms with E-state index in [1.165, 1.54) is 0 Å². The number of hydrogen-bond acceptors (Lipinski definition) is 4. The molecule has 0 bridgehead atoms. The molecule has 1 fully saturated rings. The molecule has 7 nitrogen and oxygen atoms in total. The van der Waals surface area contributed by atoms with E-state index < -0.39 is 0 Å². The molecule has 1 aliphatic heterocycles. The monoisotopic (exact) mass is 503 g/mol. The van der Waals surface area contributed by atoms with Crippen LogP contribution < -0.4 is 16.0 Å². The third-order valence-electron chi connectivity index (χ3n) is 4.33. The predicted octanol–water partition coefficient (Wildman–Crippen LogP) is 1.59. The molecule has 0 aromatic heterocycles. The molecule has 1 amide bonds. The predicted molar refractivity (Wildman–Crippen MR) is 124 cm³/mol. The zero-order chi connectivity index (χ0) is 19.2. The highest BCUT2D eigenvalue weighted by Gasteiger charge is 2.09. The third-order valence-corrected chi connectivity index (χ3v) is 4.33. The molecule has 28 heavy (non-hydrogen) atoms. The molecule has 3 N–H and O–H groups in total. The molecular formula is C20H34IN5O2. The summed E-state index contributed by atoms with van der Waals surface area (Å²) in [5.41, 5.74) is 1.11. The van der Waals surface area contributed by atoms with Crippen LogP contribution in [0.2, 0.25) is 0 Å². The number of hydrogen-bond donors (Lipinski definition) is 3. The minimum Gasteiger partial charge on any atom is -0.379 e. The van der Waals surface area contributed by atoms with Crippen molar-refractivity contribution in [2.45, 2.75) is 26.3 Å². The van der Waals surface area contributed by atoms with Crippen molar-refractivity contribution in [2.75, 3.05) is 52.5 Å². The van der Waals surface area contributed by atoms with Gasteiger partial charge in [0.05, 0.1) is 13.2 Å². The number of benzene rings is 1. The van der Waals surface area contributed by atoms with Crippen LogP contribution in [0.3, 0.4) is 0 Å². The highest BCUT2D eigenvalue weighted by molar-refractivity contribution is 14.0. The van der Waals surface area contributed by atoms with Crippen molar-refractivity contribution in [3.05, 3.63) is 35.9 Å². The summed E-state index contributed by atoms with van der Waals surface area (Å²) in [4.78, 5) is 19.0. The van der Waals surface area contributed by atoms with E-state index in [1.54, 1.807) is 0 Å². The van der Waals surface area contributed by atoms with Crippen molar-refractivity contribution in [3.8, 4) is 0 Å². The van der Waals surface area contributed by atoms with Crippen LogP contribution >= 0.6 is 24.0 Å². The highest BCUT2D eigenvalue weighted by atomic mass is 127. The summed E-state index contributed by atoms with van der Waals surface area (Å²) < 4.78 is 5.36. The largest absolute Gasteiger partial charge is 0.379 e. The van der Waals surface area contributed by atoms with E-state index in [-0.39, 0.29) is 29.9 Å². The fourth-order valence-corrected chi connectivity index (χ4v) is 2.83. The van der Waals surface area contributed by atoms with Gasteiger partial charge in [0.2, 0.25) is 5.91 Å². The standard InChI is InChI=1S/C20H33N5O2.HI/c1-2-21-20(22-10-6-12-25-13-15-27-16-14-25)23-11-9-19(26)24-17-18-7-4-3-5-8-18;/h3-5,7-8H,2,6,9-17H2,1H3,(H,24,26)(H2,21,22,23);1H. The zero-order valence-corrected chi connectivity index (χ0v) is 19.1. The lowest BCUT2D eigenvalue weighted by Gasteiger charge is -2.26. The number of halogens is 1. The normalized spacial score (nSPS) is 14.8. The Labute approximate surface area is 185 Å². The van der Waals surface area contributed by atoms with Gasteiger partial charge in [0, 0.05) is 52.2 Å². The Morgan fingerprint density at radius 2 is 1.89 bits per heavy atom. The van der Waals surface area contributed by atoms with Gasteiger partial charge in [0.1, 0.15) is 0 Å². The van der Waals surface area contributed by atoms with Crippen molar-refractivity contribution >= 4 is 35.8 Å². The van der Waals surface area contributed by atoms with Crippen LogP contribution in [0, 0.1) is 0 Å². The molecule has 0 saturated carbocycles. The molecular weight excluding hydrogens is 469 g/mol. The molecule has 0 radical (unpaired) electrons. The van der Waals surface area contributed by atoms with Crippen LogP contribution in [0.5, 0.6) is 0 Å². The molecule has 0 atom stereocenters. The lowest BCUT2D eigenvalue weighted by molar-refractivity contribution is -0.121. The van der Waals surface area contributed by atoms with Gasteiger partial charge in [0.25, 0.3) is 0 Å². The summed E-state index contributed by atoms with van der Waals surface area (Å²) in [7, 11) is 0. The van der Waals surface area contributed by atoms with E-state index in [1.807, 2.05) is 37.3 Å². The first-order valence-electron chi connectivity index (χ1n) is 9.91. The second-order valence-electron chi connectivity index (χ2n) is 6.51. The number of amides is 1. The third kappa shape index (κ3) is 10.8. The lowest BCUT2D eigenvalue weighted by atomic mass is 10.2. The van der Waals surface area contributed by atoms with Crippen LogP contribution in [0.4, 0.5) is 0 Å². The number of carbonyl (C=O) groups excluding carboxylic acids is 1. The van der Waals surface area contributed by atoms with E-state index in [0.29, 0.717) is 19.5 Å². The molecule has 8 heteroatoms. The number of nitrogens with one attached hydrogen (secondary N) is 3. The van der Waals surface area contributed by atoms with Crippen molar-refractivity contribution in [1.29, 1.82) is 0 Å². The van der Waals surface area contributed by atoms with Crippen molar-refractivity contribution in [2.24, 2.45) is 4.99 Å². The first-order chi connectivity index (χ1) is 13.3. The molecule has 1 aliphatic rings. The average Bonchev–Trinajstić information content (AvgIpc) is 2.71. The number of carbonyl (C=O) groups is 1. The quantitative estimate of drug-likeness (QED) is 0.196. The van der Waals surface area contributed by atoms with Gasteiger partial charge in [-0.25, -0.2) is 0 Å². The Bertz CT molecular complexity index is 565. The van der Waals surface area contributed by atoms with Gasteiger partial charge >= 0.3 is 0 Å². The Hall–Kier alpha value is -1.39. The molecule has 1 aromatic carbocycles. The number of nitrogens with zero attached hydrogens (tertiary/aromatic N) is 2. The molecule has 0 aliphatic carbocycles. The summed E-state index contributed by atoms with van der Waals surface area (Å²) in [6, 6.07) is 9.93. The molecule has 2 rings (SSSR count). The maximum atomic E-state index is 12.0. The second kappa shape index (κ2) is 15.5. The Morgan fingerprint density at radius 3 is 2.61 bits per heavy atom. The zero-order valence-electron chi connectivity index (χ0n) is 16.8. The minimum atomic E-state index is 0. The maximum Gasteiger partial charge on any atom is 0.222 e. The molecule has 1 saturated heterocycles. The smallest absolute Gasteiger partial charge is 0.222 e. The molecule has 0 spiro atoms. The van der Waals surface area contributed by atoms with Crippen molar-refractivity contribution in [1.82, 2.24) is 20.9 Å². The fourth-order valence-electron chi connectivity index (χ4n) is 2.83. The van der Waals surface area contributed by atoms with Gasteiger partial charge in [-0.1, -0.05) is 30.3 Å². The lowest BCUT2D eigenvalue weighted by Crippen LogP contribution is -2.39. The van der Waals surface area contributed by atoms with Crippen LogP contribution in [-0.2, 0) is 16.1 Å². The number of rotatable bonds is 10. The summed E-state index contributed by atoms with van der Waals surface area (Å²) in [6.45, 7) is 9.49. The van der Waals surface area contributed by atoms with E-state index in [4.69, 9.17) is 4.74 Å². The number of aliphatic imine (C=N–C) groups is 1. The van der Waals surface area contributed by atoms with E-state index >= 15 is 0 Å². The number of ether oxygens (including phenoxy) is 1. The number of morpholine rings is 1. The SMILES string of the molecule is CCNC(=NCCCN1CCOCC1)NCCC(=O)NCc1ccccc1.I. The second-order valence-corrected chi connectivity index (χ2v) is 6.51. The van der Waals surface area contributed by atoms with E-state index in [9.17, 15) is 4.79 Å². The fraction of sp³-hybridized carbons (Fsp3) is 0.600.